The maximum absolute atomic E-state index is 13.7. The minimum atomic E-state index is -1.95. The Labute approximate surface area is 457 Å². The van der Waals surface area contributed by atoms with Gasteiger partial charge in [-0.1, -0.05) is 166 Å². The van der Waals surface area contributed by atoms with E-state index in [0.717, 1.165) is 36.5 Å². The van der Waals surface area contributed by atoms with Crippen molar-refractivity contribution in [3.05, 3.63) is 47.6 Å². The predicted octanol–water partition coefficient (Wildman–Crippen LogP) is 18.8. The Morgan fingerprint density at radius 2 is 1.05 bits per heavy atom. The van der Waals surface area contributed by atoms with Crippen LogP contribution in [0.15, 0.2) is 47.6 Å². The summed E-state index contributed by atoms with van der Waals surface area (Å²) in [5.41, 5.74) is 5.70. The zero-order chi connectivity index (χ0) is 53.9. The molecule has 426 valence electrons. The molecule has 0 aliphatic heterocycles. The van der Waals surface area contributed by atoms with Crippen LogP contribution in [0, 0.1) is 92.7 Å². The SMILES string of the molecule is C.C.C=C1[C@@H](O[Si](C)(C)C(C)(C)C)CC2C[C@]12[C@H](C)/C=C1\CCC[C@]2(C)[C@@H]([C@H](C)/C=C/[C@H](C)C(C)C)CC[C@@H]12.C[C@H](C=O)[C@H]1CC[C@H]2/C(=C/[C@@H](C)[C@]34CC3C[C@H](O[Si](C)(C)C(C)(C)C)C4=O)CCC[C@]12C.OOO. The van der Waals surface area contributed by atoms with E-state index >= 15 is 0 Å². The molecule has 74 heavy (non-hydrogen) atoms. The average molecular weight is 1070 g/mol. The first-order valence-corrected chi connectivity index (χ1v) is 35.1. The van der Waals surface area contributed by atoms with Crippen molar-refractivity contribution < 1.29 is 34.0 Å². The maximum Gasteiger partial charge on any atom is 0.193 e. The number of allylic oxidation sites excluding steroid dienone is 6. The van der Waals surface area contributed by atoms with Crippen LogP contribution in [-0.2, 0) is 23.5 Å². The molecule has 7 nitrogen and oxygen atoms in total. The van der Waals surface area contributed by atoms with Crippen molar-refractivity contribution in [2.45, 2.75) is 257 Å². The smallest absolute Gasteiger partial charge is 0.193 e. The predicted molar refractivity (Wildman–Crippen MR) is 317 cm³/mol. The van der Waals surface area contributed by atoms with Crippen LogP contribution in [0.25, 0.3) is 0 Å². The second-order valence-electron chi connectivity index (χ2n) is 29.7. The largest absolute Gasteiger partial charge is 0.410 e. The van der Waals surface area contributed by atoms with E-state index in [1.165, 1.54) is 88.9 Å². The van der Waals surface area contributed by atoms with Gasteiger partial charge in [-0.15, -0.1) is 0 Å². The van der Waals surface area contributed by atoms with E-state index in [4.69, 9.17) is 25.9 Å². The van der Waals surface area contributed by atoms with E-state index in [0.29, 0.717) is 58.0 Å². The minimum absolute atomic E-state index is 0. The number of carbonyl (C=O) groups excluding carboxylic acids is 2. The van der Waals surface area contributed by atoms with Gasteiger partial charge in [0, 0.05) is 16.7 Å². The first kappa shape index (κ1) is 65.1. The summed E-state index contributed by atoms with van der Waals surface area (Å²) in [6.07, 6.45) is 29.1. The van der Waals surface area contributed by atoms with Gasteiger partial charge in [0.05, 0.1) is 6.10 Å². The molecule has 8 fully saturated rings. The van der Waals surface area contributed by atoms with Crippen LogP contribution in [0.3, 0.4) is 0 Å². The molecule has 8 aliphatic carbocycles. The van der Waals surface area contributed by atoms with E-state index in [1.807, 2.05) is 0 Å². The normalized spacial score (nSPS) is 38.5. The Kier molecular flexibility index (Phi) is 20.8. The Morgan fingerprint density at radius 3 is 1.50 bits per heavy atom. The van der Waals surface area contributed by atoms with Crippen LogP contribution in [0.1, 0.15) is 209 Å². The number of hydrogen-bond acceptors (Lipinski definition) is 7. The van der Waals surface area contributed by atoms with Crippen LogP contribution in [-0.4, -0.2) is 51.4 Å². The van der Waals surface area contributed by atoms with Gasteiger partial charge in [0.2, 0.25) is 0 Å². The molecule has 0 spiro atoms. The van der Waals surface area contributed by atoms with Crippen LogP contribution < -0.4 is 0 Å². The van der Waals surface area contributed by atoms with Gasteiger partial charge in [-0.2, -0.15) is 0 Å². The molecule has 17 atom stereocenters. The quantitative estimate of drug-likeness (QED) is 0.0587. The van der Waals surface area contributed by atoms with Gasteiger partial charge in [0.15, 0.2) is 22.4 Å². The van der Waals surface area contributed by atoms with Gasteiger partial charge in [-0.3, -0.25) is 4.79 Å². The van der Waals surface area contributed by atoms with E-state index in [-0.39, 0.29) is 53.9 Å². The van der Waals surface area contributed by atoms with Gasteiger partial charge >= 0.3 is 0 Å². The highest BCUT2D eigenvalue weighted by atomic mass is 28.4. The topological polar surface area (TPSA) is 102 Å². The highest BCUT2D eigenvalue weighted by Gasteiger charge is 2.70. The van der Waals surface area contributed by atoms with Crippen LogP contribution in [0.5, 0.6) is 0 Å². The number of rotatable bonds is 14. The molecule has 0 aromatic carbocycles. The molecule has 2 N–H and O–H groups in total. The Morgan fingerprint density at radius 1 is 0.649 bits per heavy atom. The molecule has 0 heterocycles. The van der Waals surface area contributed by atoms with Crippen molar-refractivity contribution in [1.29, 1.82) is 0 Å². The molecular weight excluding hydrogens is 949 g/mol. The second kappa shape index (κ2) is 23.7. The third kappa shape index (κ3) is 12.2. The lowest BCUT2D eigenvalue weighted by Gasteiger charge is -2.44. The van der Waals surface area contributed by atoms with Crippen LogP contribution in [0.4, 0.5) is 0 Å². The summed E-state index contributed by atoms with van der Waals surface area (Å²) in [5.74, 6) is 7.53. The fourth-order valence-electron chi connectivity index (χ4n) is 16.3. The summed E-state index contributed by atoms with van der Waals surface area (Å²) in [7, 11) is -3.72. The van der Waals surface area contributed by atoms with Gasteiger partial charge < -0.3 is 13.6 Å². The molecule has 0 saturated heterocycles. The lowest BCUT2D eigenvalue weighted by molar-refractivity contribution is -0.465. The number of ketones is 1. The van der Waals surface area contributed by atoms with Gasteiger partial charge in [-0.05, 0) is 208 Å². The Hall–Kier alpha value is -1.47. The molecular formula is C65H116O7Si2. The lowest BCUT2D eigenvalue weighted by atomic mass is 9.60. The van der Waals surface area contributed by atoms with Gasteiger partial charge in [0.1, 0.15) is 12.4 Å². The van der Waals surface area contributed by atoms with Gasteiger partial charge in [0.25, 0.3) is 0 Å². The highest BCUT2D eigenvalue weighted by molar-refractivity contribution is 6.74. The standard InChI is InChI=1S/C35H60OSi.C28H46O3Si.2CH4.H2O3/c1-23(2)24(3)15-16-25(4)30-17-18-31-28(14-13-19-34(30,31)10)20-26(5)35-22-29(35)21-32(27(35)6)36-37(11,12)33(7,8)9;1-18(17-29)22-11-12-23-20(10-9-13-27(22,23)6)14-19(2)28-16-21(28)15-24(25(28)30)31-32(7,8)26(3,4)5;;;1-3-2/h15-16,20,23-26,29-32H,6,13-14,17-19,21-22H2,1-5,7-12H3;14,17-19,21-24H,9-13,15-16H2,1-8H3;2*1H4;1-2H/b16-15+,28-20+;20-14+;;;/t24-,25+,26+,29?,30+,31-,32-,34+,35-;18-,19-,21?,22-,23+,24+,27-,28-;;;/m01.../s1. The average Bonchev–Trinajstić information content (AvgIpc) is 4.02. The summed E-state index contributed by atoms with van der Waals surface area (Å²) < 4.78 is 13.5. The zero-order valence-electron chi connectivity index (χ0n) is 49.5. The number of hydrogen-bond donors (Lipinski definition) is 2. The summed E-state index contributed by atoms with van der Waals surface area (Å²) in [6.45, 7) is 49.5. The van der Waals surface area contributed by atoms with Crippen molar-refractivity contribution in [3.8, 4) is 0 Å². The van der Waals surface area contributed by atoms with Crippen molar-refractivity contribution in [2.75, 3.05) is 0 Å². The van der Waals surface area contributed by atoms with E-state index < -0.39 is 16.6 Å². The highest BCUT2D eigenvalue weighted by Crippen LogP contribution is 2.72. The summed E-state index contributed by atoms with van der Waals surface area (Å²) >= 11 is 0. The maximum atomic E-state index is 13.7. The molecule has 0 aromatic heterocycles. The number of aldehydes is 1. The summed E-state index contributed by atoms with van der Waals surface area (Å²) in [4.78, 5) is 25.2. The summed E-state index contributed by atoms with van der Waals surface area (Å²) in [5, 5.41) is 15.9. The lowest BCUT2D eigenvalue weighted by Crippen LogP contribution is -2.46. The second-order valence-corrected chi connectivity index (χ2v) is 39.2. The van der Waals surface area contributed by atoms with E-state index in [1.54, 1.807) is 11.1 Å². The van der Waals surface area contributed by atoms with E-state index in [9.17, 15) is 9.59 Å². The van der Waals surface area contributed by atoms with Crippen LogP contribution >= 0.6 is 0 Å². The molecule has 2 unspecified atom stereocenters. The molecule has 0 amide bonds. The van der Waals surface area contributed by atoms with Crippen molar-refractivity contribution >= 4 is 28.7 Å². The van der Waals surface area contributed by atoms with Crippen LogP contribution in [0.2, 0.25) is 36.3 Å². The molecule has 8 rings (SSSR count). The minimum Gasteiger partial charge on any atom is -0.410 e. The van der Waals surface area contributed by atoms with E-state index in [2.05, 4.69) is 159 Å². The molecule has 8 aliphatic rings. The molecule has 0 bridgehead atoms. The number of carbonyl (C=O) groups is 2. The van der Waals surface area contributed by atoms with Crippen molar-refractivity contribution in [1.82, 2.24) is 0 Å². The van der Waals surface area contributed by atoms with Crippen molar-refractivity contribution in [3.63, 3.8) is 0 Å². The number of fused-ring (bicyclic) bond motifs is 4. The molecule has 0 radical (unpaired) electrons. The first-order valence-electron chi connectivity index (χ1n) is 29.3. The molecule has 8 saturated carbocycles. The number of Topliss-reactive ketones (excluding diaryl/α,β-unsaturated/α-hetero) is 1. The Balaban J connectivity index is 0.000000299. The Bertz CT molecular complexity index is 2040. The molecule has 0 aromatic rings. The third-order valence-corrected chi connectivity index (χ3v) is 32.4. The third-order valence-electron chi connectivity index (χ3n) is 23.4. The fourth-order valence-corrected chi connectivity index (χ4v) is 18.9. The first-order chi connectivity index (χ1) is 33.2. The zero-order valence-corrected chi connectivity index (χ0v) is 51.5. The van der Waals surface area contributed by atoms with Crippen molar-refractivity contribution in [2.24, 2.45) is 92.7 Å². The van der Waals surface area contributed by atoms with Gasteiger partial charge in [-0.25, -0.2) is 10.5 Å². The fraction of sp³-hybridized carbons (Fsp3) is 0.846. The molecule has 9 heteroatoms. The summed E-state index contributed by atoms with van der Waals surface area (Å²) in [6, 6.07) is 0. The monoisotopic (exact) mass is 1060 g/mol.